The van der Waals surface area contributed by atoms with Crippen molar-refractivity contribution in [2.75, 3.05) is 27.4 Å². The van der Waals surface area contributed by atoms with Gasteiger partial charge in [-0.25, -0.2) is 9.59 Å². The van der Waals surface area contributed by atoms with E-state index in [0.29, 0.717) is 22.6 Å². The number of ether oxygens (including phenoxy) is 4. The number of Topliss-reactive ketones (excluding diaryl/α,β-unsaturated/α-hetero) is 1. The number of amides is 3. The van der Waals surface area contributed by atoms with E-state index in [2.05, 4.69) is 0 Å². The number of fused-ring (bicyclic) bond motifs is 4. The molecule has 2 bridgehead atoms. The molecule has 3 atom stereocenters. The summed E-state index contributed by atoms with van der Waals surface area (Å²) in [4.78, 5) is 54.6. The molecule has 42 heavy (non-hydrogen) atoms. The summed E-state index contributed by atoms with van der Waals surface area (Å²) in [6.07, 6.45) is -0.448. The normalized spacial score (nSPS) is 20.8. The summed E-state index contributed by atoms with van der Waals surface area (Å²) >= 11 is 0. The molecule has 0 N–H and O–H groups in total. The Hall–Kier alpha value is -4.70. The third kappa shape index (κ3) is 5.45. The molecule has 218 valence electrons. The first-order valence-electron chi connectivity index (χ1n) is 13.5. The van der Waals surface area contributed by atoms with E-state index in [9.17, 15) is 19.2 Å². The van der Waals surface area contributed by atoms with Crippen LogP contribution in [0.4, 0.5) is 4.79 Å². The number of imide groups is 1. The van der Waals surface area contributed by atoms with Gasteiger partial charge in [0.1, 0.15) is 30.5 Å². The van der Waals surface area contributed by atoms with Gasteiger partial charge in [0, 0.05) is 12.6 Å². The van der Waals surface area contributed by atoms with E-state index in [1.165, 1.54) is 18.9 Å². The van der Waals surface area contributed by atoms with Crippen molar-refractivity contribution in [3.05, 3.63) is 95.6 Å². The Morgan fingerprint density at radius 3 is 2.33 bits per heavy atom. The number of ketones is 1. The molecule has 3 aromatic carbocycles. The minimum atomic E-state index is -1.44. The Labute approximate surface area is 243 Å². The van der Waals surface area contributed by atoms with Gasteiger partial charge in [0.15, 0.2) is 0 Å². The molecule has 0 aromatic heterocycles. The second kappa shape index (κ2) is 12.0. The molecule has 2 aliphatic heterocycles. The highest BCUT2D eigenvalue weighted by molar-refractivity contribution is 6.04. The maximum Gasteiger partial charge on any atom is 0.338 e. The predicted molar refractivity (Wildman–Crippen MR) is 151 cm³/mol. The number of carbonyl (C=O) groups excluding carboxylic acids is 4. The lowest BCUT2D eigenvalue weighted by atomic mass is 9.78. The third-order valence-electron chi connectivity index (χ3n) is 7.63. The topological polar surface area (TPSA) is 112 Å². The number of rotatable bonds is 10. The van der Waals surface area contributed by atoms with Crippen molar-refractivity contribution < 1.29 is 38.1 Å². The number of methoxy groups -OCH3 is 1. The van der Waals surface area contributed by atoms with E-state index in [0.717, 1.165) is 10.5 Å². The Balaban J connectivity index is 1.52. The van der Waals surface area contributed by atoms with Crippen molar-refractivity contribution in [1.29, 1.82) is 0 Å². The van der Waals surface area contributed by atoms with E-state index in [1.807, 2.05) is 24.3 Å². The number of urea groups is 1. The van der Waals surface area contributed by atoms with Crippen molar-refractivity contribution in [3.63, 3.8) is 0 Å². The largest absolute Gasteiger partial charge is 0.497 e. The molecule has 1 fully saturated rings. The first-order chi connectivity index (χ1) is 20.2. The number of esters is 1. The quantitative estimate of drug-likeness (QED) is 0.260. The number of carbonyl (C=O) groups is 4. The minimum absolute atomic E-state index is 0.0889. The highest BCUT2D eigenvalue weighted by Gasteiger charge is 2.63. The van der Waals surface area contributed by atoms with Gasteiger partial charge in [-0.3, -0.25) is 19.4 Å². The molecule has 1 saturated heterocycles. The summed E-state index contributed by atoms with van der Waals surface area (Å²) < 4.78 is 23.8. The fourth-order valence-corrected chi connectivity index (χ4v) is 5.50. The molecule has 5 rings (SSSR count). The number of hydrogen-bond donors (Lipinski definition) is 0. The molecule has 0 radical (unpaired) electrons. The Morgan fingerprint density at radius 1 is 0.952 bits per heavy atom. The van der Waals surface area contributed by atoms with Crippen molar-refractivity contribution in [2.24, 2.45) is 5.92 Å². The van der Waals surface area contributed by atoms with Gasteiger partial charge >= 0.3 is 12.0 Å². The smallest absolute Gasteiger partial charge is 0.338 e. The summed E-state index contributed by atoms with van der Waals surface area (Å²) in [5.74, 6) is -1.16. The van der Waals surface area contributed by atoms with Gasteiger partial charge in [0.2, 0.25) is 11.6 Å². The molecule has 10 heteroatoms. The van der Waals surface area contributed by atoms with E-state index in [4.69, 9.17) is 18.9 Å². The van der Waals surface area contributed by atoms with Gasteiger partial charge < -0.3 is 18.9 Å². The summed E-state index contributed by atoms with van der Waals surface area (Å²) in [6, 6.07) is 21.5. The van der Waals surface area contributed by atoms with Crippen LogP contribution in [0.3, 0.4) is 0 Å². The molecule has 0 unspecified atom stereocenters. The number of para-hydroxylation sites is 1. The van der Waals surface area contributed by atoms with Gasteiger partial charge in [-0.05, 0) is 42.8 Å². The van der Waals surface area contributed by atoms with Crippen LogP contribution >= 0.6 is 0 Å². The zero-order valence-corrected chi connectivity index (χ0v) is 23.6. The highest BCUT2D eigenvalue weighted by Crippen LogP contribution is 2.52. The lowest BCUT2D eigenvalue weighted by molar-refractivity contribution is -0.203. The molecule has 3 amide bonds. The van der Waals surface area contributed by atoms with E-state index in [1.54, 1.807) is 61.7 Å². The van der Waals surface area contributed by atoms with Crippen LogP contribution < -0.4 is 9.47 Å². The lowest BCUT2D eigenvalue weighted by Crippen LogP contribution is -2.73. The molecule has 0 spiro atoms. The van der Waals surface area contributed by atoms with Crippen LogP contribution in [0.1, 0.15) is 40.9 Å². The Morgan fingerprint density at radius 2 is 1.64 bits per heavy atom. The SMILES string of the molecule is COc1ccc(COC[C@]23Oc4ccccc4[C@H]([C@H]2COC(=O)c2ccccc2)N(C(=O)CC(C)=O)C(=O)N3C)cc1. The van der Waals surface area contributed by atoms with Gasteiger partial charge in [0.05, 0.1) is 37.7 Å². The van der Waals surface area contributed by atoms with Crippen LogP contribution in [0.2, 0.25) is 0 Å². The average molecular weight is 573 g/mol. The van der Waals surface area contributed by atoms with Gasteiger partial charge in [0.25, 0.3) is 0 Å². The number of hydrogen-bond acceptors (Lipinski definition) is 8. The van der Waals surface area contributed by atoms with Crippen LogP contribution in [0.25, 0.3) is 0 Å². The van der Waals surface area contributed by atoms with Crippen LogP contribution in [0, 0.1) is 5.92 Å². The molecule has 10 nitrogen and oxygen atoms in total. The number of benzene rings is 3. The van der Waals surface area contributed by atoms with Crippen molar-refractivity contribution in [2.45, 2.75) is 31.7 Å². The van der Waals surface area contributed by atoms with E-state index in [-0.39, 0.29) is 25.6 Å². The van der Waals surface area contributed by atoms with Crippen molar-refractivity contribution in [1.82, 2.24) is 9.80 Å². The van der Waals surface area contributed by atoms with E-state index < -0.39 is 42.0 Å². The molecule has 2 aliphatic rings. The second-order valence-electron chi connectivity index (χ2n) is 10.3. The lowest BCUT2D eigenvalue weighted by Gasteiger charge is -2.58. The Bertz CT molecular complexity index is 1480. The van der Waals surface area contributed by atoms with Crippen molar-refractivity contribution in [3.8, 4) is 11.5 Å². The molecular weight excluding hydrogens is 540 g/mol. The highest BCUT2D eigenvalue weighted by atomic mass is 16.6. The van der Waals surface area contributed by atoms with Gasteiger partial charge in [-0.1, -0.05) is 48.5 Å². The van der Waals surface area contributed by atoms with Gasteiger partial charge in [-0.2, -0.15) is 0 Å². The van der Waals surface area contributed by atoms with Crippen LogP contribution in [0.15, 0.2) is 78.9 Å². The van der Waals surface area contributed by atoms with Crippen LogP contribution in [0.5, 0.6) is 11.5 Å². The maximum atomic E-state index is 13.8. The second-order valence-corrected chi connectivity index (χ2v) is 10.3. The number of nitrogens with zero attached hydrogens (tertiary/aromatic N) is 2. The standard InChI is InChI=1S/C32H32N2O8/c1-21(35)17-28(36)34-29-25-11-7-8-12-27(25)42-32(33(2)31(34)38,20-40-18-22-13-15-24(39-3)16-14-22)26(29)19-41-30(37)23-9-5-4-6-10-23/h4-16,26,29H,17-20H2,1-3H3/t26-,29-,32+/m1/s1. The number of likely N-dealkylation sites (N-methyl/N-ethyl adjacent to an activating group) is 1. The maximum absolute atomic E-state index is 13.8. The molecule has 2 heterocycles. The summed E-state index contributed by atoms with van der Waals surface area (Å²) in [5.41, 5.74) is 0.364. The zero-order chi connectivity index (χ0) is 29.9. The fraction of sp³-hybridized carbons (Fsp3) is 0.312. The average Bonchev–Trinajstić information content (AvgIpc) is 2.99. The summed E-state index contributed by atoms with van der Waals surface area (Å²) in [6.45, 7) is 1.21. The molecule has 0 saturated carbocycles. The molecule has 3 aromatic rings. The minimum Gasteiger partial charge on any atom is -0.497 e. The first-order valence-corrected chi connectivity index (χ1v) is 13.5. The third-order valence-corrected chi connectivity index (χ3v) is 7.63. The van der Waals surface area contributed by atoms with Crippen LogP contribution in [-0.2, 0) is 25.7 Å². The first kappa shape index (κ1) is 28.8. The zero-order valence-electron chi connectivity index (χ0n) is 23.6. The van der Waals surface area contributed by atoms with Crippen LogP contribution in [-0.4, -0.2) is 66.6 Å². The summed E-state index contributed by atoms with van der Waals surface area (Å²) in [5, 5.41) is 0. The fourth-order valence-electron chi connectivity index (χ4n) is 5.50. The molecular formula is C32H32N2O8. The summed E-state index contributed by atoms with van der Waals surface area (Å²) in [7, 11) is 3.10. The Kier molecular flexibility index (Phi) is 8.26. The van der Waals surface area contributed by atoms with Gasteiger partial charge in [-0.15, -0.1) is 0 Å². The predicted octanol–water partition coefficient (Wildman–Crippen LogP) is 4.39. The van der Waals surface area contributed by atoms with Crippen molar-refractivity contribution >= 4 is 23.7 Å². The molecule has 0 aliphatic carbocycles. The monoisotopic (exact) mass is 572 g/mol. The van der Waals surface area contributed by atoms with E-state index >= 15 is 0 Å².